The molecule has 0 saturated heterocycles. The van der Waals surface area contributed by atoms with E-state index in [1.807, 2.05) is 49.4 Å². The summed E-state index contributed by atoms with van der Waals surface area (Å²) in [7, 11) is 1.56. The lowest BCUT2D eigenvalue weighted by Gasteiger charge is -2.11. The van der Waals surface area contributed by atoms with Gasteiger partial charge in [-0.2, -0.15) is 0 Å². The number of aryl methyl sites for hydroxylation is 1. The van der Waals surface area contributed by atoms with E-state index >= 15 is 0 Å². The van der Waals surface area contributed by atoms with Crippen LogP contribution in [0, 0.1) is 6.92 Å². The smallest absolute Gasteiger partial charge is 0.259 e. The van der Waals surface area contributed by atoms with Crippen LogP contribution in [0.3, 0.4) is 0 Å². The molecule has 110 valence electrons. The molecule has 0 fully saturated rings. The van der Waals surface area contributed by atoms with E-state index in [4.69, 9.17) is 4.74 Å². The predicted octanol–water partition coefficient (Wildman–Crippen LogP) is 3.80. The zero-order valence-electron chi connectivity index (χ0n) is 12.5. The standard InChI is InChI=1S/C18H16N2O2/c1-12-8-9-14(16(11-12)22-2)18(21)20-15-7-3-5-13-6-4-10-19-17(13)15/h3-11H,1-2H3,(H,20,21). The van der Waals surface area contributed by atoms with E-state index in [9.17, 15) is 4.79 Å². The van der Waals surface area contributed by atoms with Gasteiger partial charge in [0.2, 0.25) is 0 Å². The van der Waals surface area contributed by atoms with Crippen molar-refractivity contribution in [2.24, 2.45) is 0 Å². The number of aromatic nitrogens is 1. The quantitative estimate of drug-likeness (QED) is 0.798. The molecule has 22 heavy (non-hydrogen) atoms. The molecule has 0 bridgehead atoms. The number of benzene rings is 2. The molecule has 3 rings (SSSR count). The van der Waals surface area contributed by atoms with Crippen LogP contribution in [0.1, 0.15) is 15.9 Å². The number of para-hydroxylation sites is 1. The maximum absolute atomic E-state index is 12.5. The Morgan fingerprint density at radius 2 is 1.95 bits per heavy atom. The van der Waals surface area contributed by atoms with Crippen molar-refractivity contribution in [2.45, 2.75) is 6.92 Å². The summed E-state index contributed by atoms with van der Waals surface area (Å²) in [5, 5.41) is 3.90. The van der Waals surface area contributed by atoms with Crippen LogP contribution in [0.25, 0.3) is 10.9 Å². The first kappa shape index (κ1) is 14.1. The third-order valence-corrected chi connectivity index (χ3v) is 3.48. The number of fused-ring (bicyclic) bond motifs is 1. The Morgan fingerprint density at radius 1 is 1.14 bits per heavy atom. The van der Waals surface area contributed by atoms with Crippen molar-refractivity contribution in [1.29, 1.82) is 0 Å². The number of hydrogen-bond acceptors (Lipinski definition) is 3. The Hall–Kier alpha value is -2.88. The fraction of sp³-hybridized carbons (Fsp3) is 0.111. The van der Waals surface area contributed by atoms with E-state index in [1.165, 1.54) is 0 Å². The fourth-order valence-electron chi connectivity index (χ4n) is 2.38. The number of ether oxygens (including phenoxy) is 1. The average Bonchev–Trinajstić information content (AvgIpc) is 2.55. The van der Waals surface area contributed by atoms with E-state index < -0.39 is 0 Å². The number of nitrogens with one attached hydrogen (secondary N) is 1. The van der Waals surface area contributed by atoms with Crippen LogP contribution in [0.15, 0.2) is 54.7 Å². The summed E-state index contributed by atoms with van der Waals surface area (Å²) >= 11 is 0. The van der Waals surface area contributed by atoms with E-state index in [1.54, 1.807) is 19.4 Å². The van der Waals surface area contributed by atoms with Gasteiger partial charge in [0, 0.05) is 11.6 Å². The third-order valence-electron chi connectivity index (χ3n) is 3.48. The van der Waals surface area contributed by atoms with Gasteiger partial charge in [-0.05, 0) is 36.8 Å². The van der Waals surface area contributed by atoms with Gasteiger partial charge in [0.25, 0.3) is 5.91 Å². The molecule has 0 unspecified atom stereocenters. The maximum Gasteiger partial charge on any atom is 0.259 e. The SMILES string of the molecule is COc1cc(C)ccc1C(=O)Nc1cccc2cccnc12. The van der Waals surface area contributed by atoms with Crippen LogP contribution in [-0.2, 0) is 0 Å². The third kappa shape index (κ3) is 2.63. The summed E-state index contributed by atoms with van der Waals surface area (Å²) in [6.45, 7) is 1.96. The van der Waals surface area contributed by atoms with Gasteiger partial charge in [-0.3, -0.25) is 9.78 Å². The molecule has 4 nitrogen and oxygen atoms in total. The topological polar surface area (TPSA) is 51.2 Å². The normalized spacial score (nSPS) is 10.5. The summed E-state index contributed by atoms with van der Waals surface area (Å²) in [5.74, 6) is 0.348. The summed E-state index contributed by atoms with van der Waals surface area (Å²) in [6, 6.07) is 15.0. The number of carbonyl (C=O) groups excluding carboxylic acids is 1. The number of amides is 1. The van der Waals surface area contributed by atoms with Gasteiger partial charge < -0.3 is 10.1 Å². The van der Waals surface area contributed by atoms with Crippen LogP contribution in [-0.4, -0.2) is 18.0 Å². The van der Waals surface area contributed by atoms with Gasteiger partial charge in [-0.25, -0.2) is 0 Å². The number of methoxy groups -OCH3 is 1. The van der Waals surface area contributed by atoms with Crippen molar-refractivity contribution in [3.05, 3.63) is 65.9 Å². The minimum atomic E-state index is -0.213. The van der Waals surface area contributed by atoms with Crippen molar-refractivity contribution in [2.75, 3.05) is 12.4 Å². The minimum absolute atomic E-state index is 0.213. The van der Waals surface area contributed by atoms with E-state index in [0.717, 1.165) is 16.5 Å². The summed E-state index contributed by atoms with van der Waals surface area (Å²) in [4.78, 5) is 16.9. The Balaban J connectivity index is 1.97. The van der Waals surface area contributed by atoms with Crippen molar-refractivity contribution >= 4 is 22.5 Å². The molecule has 1 heterocycles. The van der Waals surface area contributed by atoms with Crippen molar-refractivity contribution in [1.82, 2.24) is 4.98 Å². The molecule has 1 amide bonds. The summed E-state index contributed by atoms with van der Waals surface area (Å²) in [5.41, 5.74) is 3.00. The Kier molecular flexibility index (Phi) is 3.74. The lowest BCUT2D eigenvalue weighted by atomic mass is 10.1. The van der Waals surface area contributed by atoms with Gasteiger partial charge in [0.15, 0.2) is 0 Å². The minimum Gasteiger partial charge on any atom is -0.496 e. The van der Waals surface area contributed by atoms with Crippen LogP contribution in [0.5, 0.6) is 5.75 Å². The zero-order chi connectivity index (χ0) is 15.5. The second-order valence-electron chi connectivity index (χ2n) is 5.04. The largest absolute Gasteiger partial charge is 0.496 e. The lowest BCUT2D eigenvalue weighted by molar-refractivity contribution is 0.102. The highest BCUT2D eigenvalue weighted by molar-refractivity contribution is 6.09. The molecule has 3 aromatic rings. The molecule has 4 heteroatoms. The van der Waals surface area contributed by atoms with Crippen molar-refractivity contribution in [3.63, 3.8) is 0 Å². The Bertz CT molecular complexity index is 838. The lowest BCUT2D eigenvalue weighted by Crippen LogP contribution is -2.13. The maximum atomic E-state index is 12.5. The van der Waals surface area contributed by atoms with Gasteiger partial charge in [0.05, 0.1) is 23.9 Å². The molecule has 0 saturated carbocycles. The number of anilines is 1. The first-order valence-electron chi connectivity index (χ1n) is 6.99. The summed E-state index contributed by atoms with van der Waals surface area (Å²) in [6.07, 6.45) is 1.71. The summed E-state index contributed by atoms with van der Waals surface area (Å²) < 4.78 is 5.30. The second kappa shape index (κ2) is 5.85. The first-order valence-corrected chi connectivity index (χ1v) is 6.99. The number of pyridine rings is 1. The fourth-order valence-corrected chi connectivity index (χ4v) is 2.38. The highest BCUT2D eigenvalue weighted by Gasteiger charge is 2.14. The van der Waals surface area contributed by atoms with E-state index in [-0.39, 0.29) is 5.91 Å². The zero-order valence-corrected chi connectivity index (χ0v) is 12.5. The molecule has 2 aromatic carbocycles. The highest BCUT2D eigenvalue weighted by Crippen LogP contribution is 2.24. The number of rotatable bonds is 3. The molecule has 0 aliphatic rings. The highest BCUT2D eigenvalue weighted by atomic mass is 16.5. The number of hydrogen-bond donors (Lipinski definition) is 1. The molecule has 0 aliphatic heterocycles. The number of carbonyl (C=O) groups is 1. The van der Waals surface area contributed by atoms with Crippen molar-refractivity contribution in [3.8, 4) is 5.75 Å². The van der Waals surface area contributed by atoms with Crippen LogP contribution in [0.4, 0.5) is 5.69 Å². The van der Waals surface area contributed by atoms with E-state index in [0.29, 0.717) is 17.0 Å². The molecule has 0 atom stereocenters. The monoisotopic (exact) mass is 292 g/mol. The number of nitrogens with zero attached hydrogens (tertiary/aromatic N) is 1. The van der Waals surface area contributed by atoms with E-state index in [2.05, 4.69) is 10.3 Å². The van der Waals surface area contributed by atoms with Crippen LogP contribution >= 0.6 is 0 Å². The molecular weight excluding hydrogens is 276 g/mol. The van der Waals surface area contributed by atoms with Gasteiger partial charge >= 0.3 is 0 Å². The molecule has 0 aliphatic carbocycles. The molecule has 1 N–H and O–H groups in total. The Morgan fingerprint density at radius 3 is 2.77 bits per heavy atom. The van der Waals surface area contributed by atoms with Gasteiger partial charge in [0.1, 0.15) is 5.75 Å². The Labute approximate surface area is 128 Å². The van der Waals surface area contributed by atoms with Crippen molar-refractivity contribution < 1.29 is 9.53 Å². The van der Waals surface area contributed by atoms with Crippen LogP contribution in [0.2, 0.25) is 0 Å². The first-order chi connectivity index (χ1) is 10.7. The molecule has 1 aromatic heterocycles. The second-order valence-corrected chi connectivity index (χ2v) is 5.04. The van der Waals surface area contributed by atoms with Crippen LogP contribution < -0.4 is 10.1 Å². The molecule has 0 radical (unpaired) electrons. The molecule has 0 spiro atoms. The van der Waals surface area contributed by atoms with Gasteiger partial charge in [-0.15, -0.1) is 0 Å². The predicted molar refractivity (Wildman–Crippen MR) is 87.4 cm³/mol. The van der Waals surface area contributed by atoms with Gasteiger partial charge in [-0.1, -0.05) is 24.3 Å². The molecular formula is C18H16N2O2. The average molecular weight is 292 g/mol.